The highest BCUT2D eigenvalue weighted by Gasteiger charge is 2.35. The van der Waals surface area contributed by atoms with E-state index in [0.29, 0.717) is 149 Å². The second-order valence-corrected chi connectivity index (χ2v) is 25.9. The van der Waals surface area contributed by atoms with Gasteiger partial charge in [0.2, 0.25) is 35.6 Å². The van der Waals surface area contributed by atoms with Crippen LogP contribution in [0.25, 0.3) is 66.2 Å². The SMILES string of the molecule is C=CC(=O)N[C@@H]1CCNC[C@@H]1Nc1ncc2cc(-c3c(Cl)c(OC)cc(OC)c3Cl)ccc2n1.C=CC(=O)N[C@H]1CCOC[C@H]1Nc1ncc2cc(-c3c(Cl)c(OC)cc(OC)c3Cl)cnc2n1.C=CC(=O)N[C@H]1C[C@@H](O)C[C@H]1Nc1ncc2cc(-c3c(Cl)c(CC)cc(OC)c3Cl)ccc2n1. The van der Waals surface area contributed by atoms with Crippen molar-refractivity contribution in [2.75, 3.05) is 77.8 Å². The zero-order valence-electron chi connectivity index (χ0n) is 56.4. The number of piperidine rings is 1. The summed E-state index contributed by atoms with van der Waals surface area (Å²) in [7, 11) is 7.69. The quantitative estimate of drug-likeness (QED) is 0.0310. The molecule has 5 aromatic carbocycles. The maximum absolute atomic E-state index is 11.8. The molecule has 3 aliphatic rings. The highest BCUT2D eigenvalue weighted by molar-refractivity contribution is 6.42. The number of amides is 3. The first-order valence-electron chi connectivity index (χ1n) is 32.2. The molecule has 0 unspecified atom stereocenters. The second-order valence-electron chi connectivity index (χ2n) is 23.6. The van der Waals surface area contributed by atoms with Gasteiger partial charge in [0.05, 0.1) is 126 Å². The van der Waals surface area contributed by atoms with Crippen molar-refractivity contribution < 1.29 is 47.9 Å². The first-order valence-corrected chi connectivity index (χ1v) is 34.5. The summed E-state index contributed by atoms with van der Waals surface area (Å²) in [5, 5.41) is 36.8. The summed E-state index contributed by atoms with van der Waals surface area (Å²) in [6.07, 6.45) is 13.1. The van der Waals surface area contributed by atoms with Crippen molar-refractivity contribution in [3.63, 3.8) is 0 Å². The number of hydrogen-bond acceptors (Lipinski definition) is 21. The van der Waals surface area contributed by atoms with Crippen LogP contribution in [0.5, 0.6) is 28.7 Å². The summed E-state index contributed by atoms with van der Waals surface area (Å²) in [6.45, 7) is 15.0. The van der Waals surface area contributed by atoms with Crippen LogP contribution in [0.15, 0.2) is 123 Å². The lowest BCUT2D eigenvalue weighted by atomic mass is 9.99. The van der Waals surface area contributed by atoms with Crippen LogP contribution in [0.4, 0.5) is 17.8 Å². The number of ether oxygens (including phenoxy) is 6. The summed E-state index contributed by atoms with van der Waals surface area (Å²) >= 11 is 39.5. The van der Waals surface area contributed by atoms with Gasteiger partial charge >= 0.3 is 0 Å². The molecule has 1 aliphatic carbocycles. The Bertz CT molecular complexity index is 4120. The highest BCUT2D eigenvalue weighted by atomic mass is 35.5. The normalized spacial score (nSPS) is 18.4. The summed E-state index contributed by atoms with van der Waals surface area (Å²) < 4.78 is 32.5. The van der Waals surface area contributed by atoms with E-state index in [2.05, 4.69) is 91.8 Å². The van der Waals surface area contributed by atoms with Crippen molar-refractivity contribution in [1.82, 2.24) is 56.2 Å². The van der Waals surface area contributed by atoms with Crippen LogP contribution in [-0.2, 0) is 25.5 Å². The molecule has 8 N–H and O–H groups in total. The van der Waals surface area contributed by atoms with E-state index < -0.39 is 6.10 Å². The molecule has 1 saturated carbocycles. The molecule has 12 rings (SSSR count). The molecule has 0 bridgehead atoms. The molecule has 9 aromatic rings. The Morgan fingerprint density at radius 1 is 0.520 bits per heavy atom. The second kappa shape index (κ2) is 34.7. The first-order chi connectivity index (χ1) is 49.2. The van der Waals surface area contributed by atoms with Gasteiger partial charge in [-0.05, 0) is 110 Å². The third-order valence-corrected chi connectivity index (χ3v) is 19.6. The number of carbonyl (C=O) groups is 3. The van der Waals surface area contributed by atoms with Crippen LogP contribution in [0, 0.1) is 0 Å². The average molecular weight is 1510 g/mol. The van der Waals surface area contributed by atoms with E-state index in [1.807, 2.05) is 55.5 Å². The van der Waals surface area contributed by atoms with Gasteiger partial charge in [-0.3, -0.25) is 14.4 Å². The van der Waals surface area contributed by atoms with Gasteiger partial charge in [-0.25, -0.2) is 29.9 Å². The monoisotopic (exact) mass is 1500 g/mol. The Morgan fingerprint density at radius 3 is 1.46 bits per heavy atom. The van der Waals surface area contributed by atoms with E-state index in [-0.39, 0.29) is 54.0 Å². The molecule has 2 saturated heterocycles. The van der Waals surface area contributed by atoms with E-state index in [0.717, 1.165) is 57.9 Å². The van der Waals surface area contributed by atoms with Gasteiger partial charge in [0.15, 0.2) is 5.65 Å². The van der Waals surface area contributed by atoms with Crippen molar-refractivity contribution >= 4 is 138 Å². The molecule has 3 amide bonds. The fourth-order valence-corrected chi connectivity index (χ4v) is 14.3. The lowest BCUT2D eigenvalue weighted by Crippen LogP contribution is -2.55. The number of aromatic nitrogens is 7. The number of hydrogen-bond donors (Lipinski definition) is 8. The van der Waals surface area contributed by atoms with Crippen molar-refractivity contribution in [1.29, 1.82) is 0 Å². The standard InChI is InChI=1S/C25H26Cl2N4O3.C24H25Cl2N5O3.C23H23Cl2N5O4/c1-4-13-9-20(34-3)24(27)22(23(13)26)14-6-7-17-15(8-14)12-28-25(30-17)31-19-11-16(32)10-18(19)29-21(33)5-2;1-4-20(32)29-16-7-8-27-12-17(16)31-24-28-11-14-9-13(5-6-15(14)30-24)21-22(25)18(33-2)10-19(34-3)23(21)26;1-4-18(31)28-14-5-6-34-11-15(14)29-23-27-10-13-7-12(9-26-22(13)30-23)19-20(24)16(32-2)8-17(33-3)21(19)25/h5-9,12,16,18-19,32H,2,4,10-11H2,1,3H3,(H,29,33)(H,28,30,31);4-6,9-11,16-17,27H,1,7-8,12H2,2-3H3,(H,29,32)(H,28,30,31);4,7-10,14-15H,1,5-6,11H2,2-3H3,(H,28,31)(H,26,27,29,30)/t16-,18+,19-;16-,17+;14-,15+/m110/s1. The maximum Gasteiger partial charge on any atom is 0.243 e. The average Bonchev–Trinajstić information content (AvgIpc) is 0.864. The summed E-state index contributed by atoms with van der Waals surface area (Å²) in [6, 6.07) is 17.5. The van der Waals surface area contributed by atoms with Gasteiger partial charge in [0, 0.05) is 88.5 Å². The number of fused-ring (bicyclic) bond motifs is 3. The number of nitrogens with zero attached hydrogens (tertiary/aromatic N) is 7. The fourth-order valence-electron chi connectivity index (χ4n) is 12.0. The zero-order valence-corrected chi connectivity index (χ0v) is 60.9. The minimum Gasteiger partial charge on any atom is -0.495 e. The van der Waals surface area contributed by atoms with Crippen molar-refractivity contribution in [3.05, 3.63) is 159 Å². The van der Waals surface area contributed by atoms with E-state index in [4.69, 9.17) is 98.0 Å². The highest BCUT2D eigenvalue weighted by Crippen LogP contribution is 2.49. The van der Waals surface area contributed by atoms with Gasteiger partial charge < -0.3 is 70.7 Å². The van der Waals surface area contributed by atoms with Crippen LogP contribution < -0.4 is 60.9 Å². The number of methoxy groups -OCH3 is 5. The smallest absolute Gasteiger partial charge is 0.243 e. The first kappa shape index (κ1) is 75.6. The summed E-state index contributed by atoms with van der Waals surface area (Å²) in [4.78, 5) is 66.9. The van der Waals surface area contributed by atoms with Crippen LogP contribution in [-0.4, -0.2) is 162 Å². The Hall–Kier alpha value is -9.08. The molecule has 30 heteroatoms. The van der Waals surface area contributed by atoms with Crippen LogP contribution in [0.2, 0.25) is 30.1 Å². The van der Waals surface area contributed by atoms with Gasteiger partial charge in [-0.15, -0.1) is 0 Å². The van der Waals surface area contributed by atoms with Crippen molar-refractivity contribution in [3.8, 4) is 62.1 Å². The van der Waals surface area contributed by atoms with Crippen LogP contribution in [0.1, 0.15) is 38.2 Å². The number of halogens is 6. The number of aliphatic hydroxyl groups is 1. The third-order valence-electron chi connectivity index (χ3n) is 17.3. The Balaban J connectivity index is 0.000000165. The number of carbonyl (C=O) groups excluding carboxylic acids is 3. The predicted octanol–water partition coefficient (Wildman–Crippen LogP) is 12.7. The Morgan fingerprint density at radius 2 is 0.951 bits per heavy atom. The molecular weight excluding hydrogens is 1430 g/mol. The van der Waals surface area contributed by atoms with Crippen molar-refractivity contribution in [2.45, 2.75) is 81.4 Å². The molecule has 102 heavy (non-hydrogen) atoms. The Labute approximate surface area is 618 Å². The van der Waals surface area contributed by atoms with E-state index in [9.17, 15) is 19.5 Å². The number of rotatable bonds is 21. The van der Waals surface area contributed by atoms with Gasteiger partial charge in [0.1, 0.15) is 28.7 Å². The number of benzene rings is 5. The number of nitrogens with one attached hydrogen (secondary N) is 7. The van der Waals surface area contributed by atoms with E-state index >= 15 is 0 Å². The molecule has 6 heterocycles. The molecular formula is C72H74Cl6N14O10. The topological polar surface area (TPSA) is 301 Å². The molecule has 4 aromatic heterocycles. The lowest BCUT2D eigenvalue weighted by molar-refractivity contribution is -0.118. The zero-order chi connectivity index (χ0) is 72.9. The Kier molecular flexibility index (Phi) is 25.7. The lowest BCUT2D eigenvalue weighted by Gasteiger charge is -2.33. The molecule has 0 spiro atoms. The summed E-state index contributed by atoms with van der Waals surface area (Å²) in [5.74, 6) is 2.93. The third kappa shape index (κ3) is 17.5. The number of pyridine rings is 1. The van der Waals surface area contributed by atoms with Gasteiger partial charge in [-0.1, -0.05) is 108 Å². The number of anilines is 3. The molecule has 2 aliphatic heterocycles. The van der Waals surface area contributed by atoms with Gasteiger partial charge in [-0.2, -0.15) is 4.98 Å². The molecule has 7 atom stereocenters. The van der Waals surface area contributed by atoms with Crippen molar-refractivity contribution in [2.24, 2.45) is 0 Å². The minimum absolute atomic E-state index is 0.0549. The largest absolute Gasteiger partial charge is 0.495 e. The van der Waals surface area contributed by atoms with Gasteiger partial charge in [0.25, 0.3) is 0 Å². The molecule has 0 radical (unpaired) electrons. The summed E-state index contributed by atoms with van der Waals surface area (Å²) in [5.41, 5.74) is 7.06. The van der Waals surface area contributed by atoms with Crippen LogP contribution >= 0.6 is 69.6 Å². The minimum atomic E-state index is -0.513. The maximum atomic E-state index is 11.8. The van der Waals surface area contributed by atoms with E-state index in [1.165, 1.54) is 46.7 Å². The predicted molar refractivity (Wildman–Crippen MR) is 402 cm³/mol. The van der Waals surface area contributed by atoms with Crippen LogP contribution in [0.3, 0.4) is 0 Å². The van der Waals surface area contributed by atoms with E-state index in [1.54, 1.807) is 44.0 Å². The molecule has 3 fully saturated rings. The number of aliphatic hydroxyl groups excluding tert-OH is 1. The molecule has 24 nitrogen and oxygen atoms in total. The number of aryl methyl sites for hydroxylation is 1. The molecule has 534 valence electrons. The fraction of sp³-hybridized carbons (Fsp3) is 0.306.